The number of rotatable bonds is 17. The Hall–Kier alpha value is -0.660. The molecule has 0 amide bonds. The first-order valence-electron chi connectivity index (χ1n) is 10.2. The molecule has 1 fully saturated rings. The van der Waals surface area contributed by atoms with Crippen molar-refractivity contribution in [2.75, 3.05) is 0 Å². The van der Waals surface area contributed by atoms with E-state index in [4.69, 9.17) is 0 Å². The summed E-state index contributed by atoms with van der Waals surface area (Å²) in [5.74, 6) is 3.05. The summed E-state index contributed by atoms with van der Waals surface area (Å²) >= 11 is 0. The second-order valence-electron chi connectivity index (χ2n) is 7.42. The summed E-state index contributed by atoms with van der Waals surface area (Å²) in [5.41, 5.74) is 0. The molecular weight excluding hydrogens is 284 g/mol. The smallest absolute Gasteiger partial charge is 0.119 e. The third kappa shape index (κ3) is 9.27. The van der Waals surface area contributed by atoms with Gasteiger partial charge in [-0.1, -0.05) is 64.7 Å². The van der Waals surface area contributed by atoms with Crippen LogP contribution in [0.25, 0.3) is 0 Å². The van der Waals surface area contributed by atoms with Gasteiger partial charge in [-0.15, -0.1) is 0 Å². The second kappa shape index (κ2) is 13.7. The summed E-state index contributed by atoms with van der Waals surface area (Å²) in [4.78, 5) is 20.5. The maximum absolute atomic E-state index is 10.3. The number of aldehydes is 2. The van der Waals surface area contributed by atoms with Crippen molar-refractivity contribution in [1.29, 1.82) is 0 Å². The van der Waals surface area contributed by atoms with Crippen molar-refractivity contribution in [3.8, 4) is 0 Å². The lowest BCUT2D eigenvalue weighted by Crippen LogP contribution is -1.87. The van der Waals surface area contributed by atoms with E-state index in [1.165, 1.54) is 70.6 Å². The van der Waals surface area contributed by atoms with Crippen LogP contribution < -0.4 is 0 Å². The maximum atomic E-state index is 10.3. The van der Waals surface area contributed by atoms with E-state index in [1.807, 2.05) is 0 Å². The molecule has 0 aromatic rings. The van der Waals surface area contributed by atoms with Gasteiger partial charge in [-0.2, -0.15) is 0 Å². The lowest BCUT2D eigenvalue weighted by atomic mass is 10.0. The SMILES string of the molecule is CCC1C(CCCCCCCC=O)C1CCCCCCCC=O. The van der Waals surface area contributed by atoms with Crippen LogP contribution in [-0.4, -0.2) is 12.6 Å². The van der Waals surface area contributed by atoms with Gasteiger partial charge in [0, 0.05) is 12.8 Å². The van der Waals surface area contributed by atoms with E-state index in [0.29, 0.717) is 0 Å². The Morgan fingerprint density at radius 2 is 0.957 bits per heavy atom. The quantitative estimate of drug-likeness (QED) is 0.239. The van der Waals surface area contributed by atoms with Gasteiger partial charge < -0.3 is 9.59 Å². The predicted molar refractivity (Wildman–Crippen MR) is 97.5 cm³/mol. The highest BCUT2D eigenvalue weighted by Crippen LogP contribution is 2.54. The summed E-state index contributed by atoms with van der Waals surface area (Å²) < 4.78 is 0. The zero-order valence-corrected chi connectivity index (χ0v) is 15.3. The minimum absolute atomic E-state index is 0.748. The summed E-state index contributed by atoms with van der Waals surface area (Å²) in [7, 11) is 0. The molecule has 0 aliphatic heterocycles. The fraction of sp³-hybridized carbons (Fsp3) is 0.905. The first-order valence-corrected chi connectivity index (χ1v) is 10.2. The molecule has 2 unspecified atom stereocenters. The molecule has 134 valence electrons. The molecule has 1 aliphatic rings. The monoisotopic (exact) mass is 322 g/mol. The van der Waals surface area contributed by atoms with E-state index in [-0.39, 0.29) is 0 Å². The van der Waals surface area contributed by atoms with Crippen LogP contribution in [0, 0.1) is 17.8 Å². The van der Waals surface area contributed by atoms with Crippen molar-refractivity contribution in [3.05, 3.63) is 0 Å². The van der Waals surface area contributed by atoms with E-state index in [2.05, 4.69) is 6.92 Å². The van der Waals surface area contributed by atoms with Gasteiger partial charge in [0.05, 0.1) is 0 Å². The Bertz CT molecular complexity index is 272. The summed E-state index contributed by atoms with van der Waals surface area (Å²) in [5, 5.41) is 0. The Morgan fingerprint density at radius 3 is 1.35 bits per heavy atom. The van der Waals surface area contributed by atoms with Crippen LogP contribution in [0.1, 0.15) is 103 Å². The van der Waals surface area contributed by atoms with E-state index in [1.54, 1.807) is 0 Å². The maximum Gasteiger partial charge on any atom is 0.119 e. The number of hydrogen-bond donors (Lipinski definition) is 0. The molecule has 0 radical (unpaired) electrons. The molecule has 2 heteroatoms. The Labute approximate surface area is 143 Å². The molecule has 0 spiro atoms. The molecule has 2 atom stereocenters. The minimum Gasteiger partial charge on any atom is -0.303 e. The third-order valence-corrected chi connectivity index (χ3v) is 5.70. The van der Waals surface area contributed by atoms with Crippen LogP contribution in [0.2, 0.25) is 0 Å². The van der Waals surface area contributed by atoms with Crippen LogP contribution >= 0.6 is 0 Å². The van der Waals surface area contributed by atoms with Crippen LogP contribution in [0.3, 0.4) is 0 Å². The van der Waals surface area contributed by atoms with Gasteiger partial charge in [0.25, 0.3) is 0 Å². The molecule has 23 heavy (non-hydrogen) atoms. The van der Waals surface area contributed by atoms with Crippen molar-refractivity contribution in [3.63, 3.8) is 0 Å². The highest BCUT2D eigenvalue weighted by molar-refractivity contribution is 5.49. The van der Waals surface area contributed by atoms with Crippen molar-refractivity contribution in [2.45, 2.75) is 103 Å². The van der Waals surface area contributed by atoms with Crippen molar-refractivity contribution in [1.82, 2.24) is 0 Å². The van der Waals surface area contributed by atoms with Crippen LogP contribution in [0.4, 0.5) is 0 Å². The van der Waals surface area contributed by atoms with E-state index in [0.717, 1.165) is 56.0 Å². The van der Waals surface area contributed by atoms with Gasteiger partial charge in [0.2, 0.25) is 0 Å². The van der Waals surface area contributed by atoms with E-state index in [9.17, 15) is 9.59 Å². The molecule has 0 N–H and O–H groups in total. The van der Waals surface area contributed by atoms with Crippen molar-refractivity contribution in [2.24, 2.45) is 17.8 Å². The topological polar surface area (TPSA) is 34.1 Å². The molecule has 0 aromatic carbocycles. The van der Waals surface area contributed by atoms with E-state index >= 15 is 0 Å². The van der Waals surface area contributed by atoms with Crippen LogP contribution in [-0.2, 0) is 9.59 Å². The Kier molecular flexibility index (Phi) is 12.2. The lowest BCUT2D eigenvalue weighted by Gasteiger charge is -2.02. The molecular formula is C21H38O2. The van der Waals surface area contributed by atoms with Gasteiger partial charge >= 0.3 is 0 Å². The fourth-order valence-electron chi connectivity index (χ4n) is 4.26. The Morgan fingerprint density at radius 1 is 0.565 bits per heavy atom. The highest BCUT2D eigenvalue weighted by atomic mass is 16.1. The standard InChI is InChI=1S/C21H38O2/c1-2-19-20(15-11-7-3-5-9-13-17-22)21(19)16-12-8-4-6-10-14-18-23/h17-21H,2-16H2,1H3. The van der Waals surface area contributed by atoms with Gasteiger partial charge in [-0.3, -0.25) is 0 Å². The molecule has 0 aromatic heterocycles. The van der Waals surface area contributed by atoms with Gasteiger partial charge in [-0.05, 0) is 43.4 Å². The van der Waals surface area contributed by atoms with E-state index < -0.39 is 0 Å². The molecule has 0 saturated heterocycles. The zero-order chi connectivity index (χ0) is 16.8. The van der Waals surface area contributed by atoms with Crippen LogP contribution in [0.5, 0.6) is 0 Å². The first kappa shape index (κ1) is 20.4. The summed E-state index contributed by atoms with van der Waals surface area (Å²) in [6.07, 6.45) is 20.6. The molecule has 1 saturated carbocycles. The normalized spacial score (nSPS) is 22.9. The lowest BCUT2D eigenvalue weighted by molar-refractivity contribution is -0.108. The number of unbranched alkanes of at least 4 members (excludes halogenated alkanes) is 10. The molecule has 0 heterocycles. The molecule has 1 aliphatic carbocycles. The first-order chi connectivity index (χ1) is 11.3. The molecule has 1 rings (SSSR count). The number of carbonyl (C=O) groups is 2. The number of carbonyl (C=O) groups excluding carboxylic acids is 2. The van der Waals surface area contributed by atoms with Crippen LogP contribution in [0.15, 0.2) is 0 Å². The second-order valence-corrected chi connectivity index (χ2v) is 7.42. The van der Waals surface area contributed by atoms with Crippen molar-refractivity contribution < 1.29 is 9.59 Å². The minimum atomic E-state index is 0.748. The highest BCUT2D eigenvalue weighted by Gasteiger charge is 2.46. The van der Waals surface area contributed by atoms with Gasteiger partial charge in [0.1, 0.15) is 12.6 Å². The predicted octanol–water partition coefficient (Wildman–Crippen LogP) is 6.12. The summed E-state index contributed by atoms with van der Waals surface area (Å²) in [6.45, 7) is 2.36. The fourth-order valence-corrected chi connectivity index (χ4v) is 4.26. The van der Waals surface area contributed by atoms with Crippen molar-refractivity contribution >= 4 is 12.6 Å². The Balaban J connectivity index is 1.95. The largest absolute Gasteiger partial charge is 0.303 e. The molecule has 0 bridgehead atoms. The van der Waals surface area contributed by atoms with Gasteiger partial charge in [0.15, 0.2) is 0 Å². The summed E-state index contributed by atoms with van der Waals surface area (Å²) in [6, 6.07) is 0. The third-order valence-electron chi connectivity index (χ3n) is 5.70. The average Bonchev–Trinajstić information content (AvgIpc) is 3.25. The molecule has 2 nitrogen and oxygen atoms in total. The average molecular weight is 323 g/mol. The van der Waals surface area contributed by atoms with Gasteiger partial charge in [-0.25, -0.2) is 0 Å². The zero-order valence-electron chi connectivity index (χ0n) is 15.3. The number of hydrogen-bond acceptors (Lipinski definition) is 2.